The molecule has 0 bridgehead atoms. The Bertz CT molecular complexity index is 458. The van der Waals surface area contributed by atoms with Gasteiger partial charge in [-0.05, 0) is 26.8 Å². The molecule has 0 radical (unpaired) electrons. The number of carbonyl (C=O) groups excluding carboxylic acids is 1. The second-order valence-electron chi connectivity index (χ2n) is 6.27. The van der Waals surface area contributed by atoms with Crippen molar-refractivity contribution in [1.82, 2.24) is 20.0 Å². The van der Waals surface area contributed by atoms with Gasteiger partial charge in [0, 0.05) is 45.3 Å². The van der Waals surface area contributed by atoms with E-state index in [0.29, 0.717) is 6.04 Å². The van der Waals surface area contributed by atoms with Gasteiger partial charge in [-0.1, -0.05) is 0 Å². The average molecular weight is 280 g/mol. The molecular weight excluding hydrogens is 256 g/mol. The van der Waals surface area contributed by atoms with E-state index in [0.717, 1.165) is 31.7 Å². The molecule has 2 rings (SSSR count). The van der Waals surface area contributed by atoms with Crippen molar-refractivity contribution in [3.8, 4) is 0 Å². The third kappa shape index (κ3) is 4.23. The lowest BCUT2D eigenvalue weighted by atomic mass is 10.1. The molecule has 0 unspecified atom stereocenters. The van der Waals surface area contributed by atoms with E-state index in [-0.39, 0.29) is 6.09 Å². The fourth-order valence-electron chi connectivity index (χ4n) is 2.08. The van der Waals surface area contributed by atoms with Crippen molar-refractivity contribution in [3.05, 3.63) is 18.0 Å². The van der Waals surface area contributed by atoms with E-state index in [1.165, 1.54) is 0 Å². The number of ether oxygens (including phenoxy) is 1. The molecule has 2 heterocycles. The van der Waals surface area contributed by atoms with Gasteiger partial charge < -0.3 is 15.0 Å². The lowest BCUT2D eigenvalue weighted by molar-refractivity contribution is 0.00541. The molecule has 1 aromatic heterocycles. The molecule has 1 aliphatic heterocycles. The van der Waals surface area contributed by atoms with Crippen molar-refractivity contribution in [2.45, 2.75) is 38.8 Å². The zero-order valence-electron chi connectivity index (χ0n) is 12.7. The van der Waals surface area contributed by atoms with Crippen LogP contribution in [0.4, 0.5) is 4.79 Å². The Kier molecular flexibility index (Phi) is 4.32. The summed E-state index contributed by atoms with van der Waals surface area (Å²) in [6.07, 6.45) is 2.63. The first-order chi connectivity index (χ1) is 9.33. The van der Waals surface area contributed by atoms with E-state index in [1.54, 1.807) is 4.90 Å². The highest BCUT2D eigenvalue weighted by molar-refractivity contribution is 5.69. The first-order valence-electron chi connectivity index (χ1n) is 7.03. The summed E-state index contributed by atoms with van der Waals surface area (Å²) >= 11 is 0. The summed E-state index contributed by atoms with van der Waals surface area (Å²) in [7, 11) is 1.92. The van der Waals surface area contributed by atoms with Crippen LogP contribution in [-0.4, -0.2) is 52.1 Å². The highest BCUT2D eigenvalue weighted by Crippen LogP contribution is 2.15. The van der Waals surface area contributed by atoms with E-state index in [9.17, 15) is 4.79 Å². The Labute approximate surface area is 120 Å². The Morgan fingerprint density at radius 1 is 1.50 bits per heavy atom. The number of likely N-dealkylation sites (tertiary alicyclic amines) is 1. The van der Waals surface area contributed by atoms with Crippen LogP contribution in [0.1, 0.15) is 26.5 Å². The zero-order chi connectivity index (χ0) is 14.8. The third-order valence-electron chi connectivity index (χ3n) is 3.12. The Hall–Kier alpha value is -1.56. The fraction of sp³-hybridized carbons (Fsp3) is 0.714. The van der Waals surface area contributed by atoms with Crippen LogP contribution in [0.15, 0.2) is 12.3 Å². The molecule has 6 heteroatoms. The number of aryl methyl sites for hydroxylation is 1. The topological polar surface area (TPSA) is 59.4 Å². The average Bonchev–Trinajstić information content (AvgIpc) is 2.64. The lowest BCUT2D eigenvalue weighted by Crippen LogP contribution is -2.60. The van der Waals surface area contributed by atoms with E-state index in [4.69, 9.17) is 4.74 Å². The van der Waals surface area contributed by atoms with Gasteiger partial charge in [0.15, 0.2) is 0 Å². The molecule has 6 nitrogen and oxygen atoms in total. The van der Waals surface area contributed by atoms with Crippen LogP contribution in [0.5, 0.6) is 0 Å². The van der Waals surface area contributed by atoms with Crippen LogP contribution in [0.2, 0.25) is 0 Å². The van der Waals surface area contributed by atoms with Crippen molar-refractivity contribution in [3.63, 3.8) is 0 Å². The largest absolute Gasteiger partial charge is 0.444 e. The van der Waals surface area contributed by atoms with Gasteiger partial charge >= 0.3 is 6.09 Å². The minimum Gasteiger partial charge on any atom is -0.444 e. The molecule has 1 aliphatic rings. The standard InChI is InChI=1S/C14H24N4O2/c1-14(2,3)20-13(19)18-9-12(10-18)15-7-5-11-6-8-17(4)16-11/h6,8,12,15H,5,7,9-10H2,1-4H3. The van der Waals surface area contributed by atoms with Crippen LogP contribution in [0.25, 0.3) is 0 Å². The molecule has 1 amide bonds. The van der Waals surface area contributed by atoms with Gasteiger partial charge in [-0.15, -0.1) is 0 Å². The predicted molar refractivity (Wildman–Crippen MR) is 76.5 cm³/mol. The molecule has 1 saturated heterocycles. The molecule has 1 fully saturated rings. The summed E-state index contributed by atoms with van der Waals surface area (Å²) in [4.78, 5) is 13.5. The Balaban J connectivity index is 1.61. The monoisotopic (exact) mass is 280 g/mol. The van der Waals surface area contributed by atoms with Crippen molar-refractivity contribution in [2.75, 3.05) is 19.6 Å². The number of nitrogens with one attached hydrogen (secondary N) is 1. The van der Waals surface area contributed by atoms with Gasteiger partial charge in [-0.3, -0.25) is 4.68 Å². The fourth-order valence-corrected chi connectivity index (χ4v) is 2.08. The summed E-state index contributed by atoms with van der Waals surface area (Å²) in [5.41, 5.74) is 0.664. The van der Waals surface area contributed by atoms with Gasteiger partial charge in [0.1, 0.15) is 5.60 Å². The van der Waals surface area contributed by atoms with Crippen LogP contribution < -0.4 is 5.32 Å². The first kappa shape index (κ1) is 14.8. The lowest BCUT2D eigenvalue weighted by Gasteiger charge is -2.40. The molecule has 0 atom stereocenters. The summed E-state index contributed by atoms with van der Waals surface area (Å²) in [6.45, 7) is 7.96. The first-order valence-corrected chi connectivity index (χ1v) is 7.03. The number of rotatable bonds is 4. The van der Waals surface area contributed by atoms with E-state index in [2.05, 4.69) is 10.4 Å². The molecule has 0 aromatic carbocycles. The molecule has 1 aromatic rings. The van der Waals surface area contributed by atoms with E-state index in [1.807, 2.05) is 44.8 Å². The summed E-state index contributed by atoms with van der Waals surface area (Å²) in [5, 5.41) is 7.75. The number of aromatic nitrogens is 2. The minimum absolute atomic E-state index is 0.222. The van der Waals surface area contributed by atoms with Gasteiger partial charge in [-0.25, -0.2) is 4.79 Å². The van der Waals surface area contributed by atoms with Crippen molar-refractivity contribution in [2.24, 2.45) is 7.05 Å². The van der Waals surface area contributed by atoms with Crippen LogP contribution in [-0.2, 0) is 18.2 Å². The number of nitrogens with zero attached hydrogens (tertiary/aromatic N) is 3. The van der Waals surface area contributed by atoms with Crippen molar-refractivity contribution in [1.29, 1.82) is 0 Å². The van der Waals surface area contributed by atoms with Crippen LogP contribution in [0, 0.1) is 0 Å². The maximum Gasteiger partial charge on any atom is 0.410 e. The Morgan fingerprint density at radius 2 is 2.20 bits per heavy atom. The SMILES string of the molecule is Cn1ccc(CCNC2CN(C(=O)OC(C)(C)C)C2)n1. The molecule has 20 heavy (non-hydrogen) atoms. The van der Waals surface area contributed by atoms with Gasteiger partial charge in [0.25, 0.3) is 0 Å². The number of hydrogen-bond acceptors (Lipinski definition) is 4. The maximum atomic E-state index is 11.7. The molecular formula is C14H24N4O2. The summed E-state index contributed by atoms with van der Waals surface area (Å²) in [6, 6.07) is 2.39. The molecule has 0 saturated carbocycles. The van der Waals surface area contributed by atoms with Crippen molar-refractivity contribution < 1.29 is 9.53 Å². The molecule has 112 valence electrons. The second-order valence-corrected chi connectivity index (χ2v) is 6.27. The van der Waals surface area contributed by atoms with E-state index < -0.39 is 5.60 Å². The van der Waals surface area contributed by atoms with Gasteiger partial charge in [0.2, 0.25) is 0 Å². The zero-order valence-corrected chi connectivity index (χ0v) is 12.7. The summed E-state index contributed by atoms with van der Waals surface area (Å²) < 4.78 is 7.12. The molecule has 0 spiro atoms. The van der Waals surface area contributed by atoms with Crippen LogP contribution in [0.3, 0.4) is 0 Å². The third-order valence-corrected chi connectivity index (χ3v) is 3.12. The minimum atomic E-state index is -0.422. The quantitative estimate of drug-likeness (QED) is 0.899. The summed E-state index contributed by atoms with van der Waals surface area (Å²) in [5.74, 6) is 0. The molecule has 1 N–H and O–H groups in total. The van der Waals surface area contributed by atoms with Gasteiger partial charge in [0.05, 0.1) is 5.69 Å². The Morgan fingerprint density at radius 3 is 2.75 bits per heavy atom. The molecule has 0 aliphatic carbocycles. The number of carbonyl (C=O) groups is 1. The smallest absolute Gasteiger partial charge is 0.410 e. The maximum absolute atomic E-state index is 11.7. The van der Waals surface area contributed by atoms with E-state index >= 15 is 0 Å². The van der Waals surface area contributed by atoms with Crippen molar-refractivity contribution >= 4 is 6.09 Å². The predicted octanol–water partition coefficient (Wildman–Crippen LogP) is 1.17. The normalized spacial score (nSPS) is 16.1. The van der Waals surface area contributed by atoms with Crippen LogP contribution >= 0.6 is 0 Å². The highest BCUT2D eigenvalue weighted by atomic mass is 16.6. The highest BCUT2D eigenvalue weighted by Gasteiger charge is 2.33. The second kappa shape index (κ2) is 5.83. The number of amides is 1. The van der Waals surface area contributed by atoms with Gasteiger partial charge in [-0.2, -0.15) is 5.10 Å². The number of hydrogen-bond donors (Lipinski definition) is 1.